The van der Waals surface area contributed by atoms with Crippen molar-refractivity contribution in [3.63, 3.8) is 0 Å². The largest absolute Gasteiger partial charge is 0.339 e. The van der Waals surface area contributed by atoms with Crippen LogP contribution in [0.4, 0.5) is 5.95 Å². The molecule has 0 bridgehead atoms. The average Bonchev–Trinajstić information content (AvgIpc) is 3.18. The molecule has 2 aliphatic rings. The van der Waals surface area contributed by atoms with Crippen molar-refractivity contribution in [3.05, 3.63) is 5.82 Å². The number of nitrogens with one attached hydrogen (secondary N) is 2. The van der Waals surface area contributed by atoms with Gasteiger partial charge in [0, 0.05) is 18.5 Å². The van der Waals surface area contributed by atoms with E-state index in [1.165, 1.54) is 44.9 Å². The van der Waals surface area contributed by atoms with Crippen molar-refractivity contribution >= 4 is 5.95 Å². The Bertz CT molecular complexity index is 447. The zero-order valence-electron chi connectivity index (χ0n) is 13.5. The van der Waals surface area contributed by atoms with E-state index in [2.05, 4.69) is 27.3 Å². The lowest BCUT2D eigenvalue weighted by molar-refractivity contribution is 0.395. The van der Waals surface area contributed by atoms with Gasteiger partial charge in [0.15, 0.2) is 0 Å². The zero-order valence-corrected chi connectivity index (χ0v) is 13.5. The van der Waals surface area contributed by atoms with Gasteiger partial charge < -0.3 is 10.2 Å². The molecule has 1 saturated carbocycles. The summed E-state index contributed by atoms with van der Waals surface area (Å²) < 4.78 is 0. The quantitative estimate of drug-likeness (QED) is 0.875. The van der Waals surface area contributed by atoms with Crippen LogP contribution in [-0.2, 0) is 5.41 Å². The van der Waals surface area contributed by atoms with Crippen LogP contribution < -0.4 is 10.2 Å². The minimum atomic E-state index is 0.269. The maximum Gasteiger partial charge on any atom is 0.244 e. The summed E-state index contributed by atoms with van der Waals surface area (Å²) >= 11 is 0. The van der Waals surface area contributed by atoms with E-state index in [0.717, 1.165) is 37.3 Å². The molecule has 2 heterocycles. The molecule has 0 aromatic carbocycles. The molecule has 118 valence electrons. The number of aromatic amines is 1. The van der Waals surface area contributed by atoms with Gasteiger partial charge in [-0.15, -0.1) is 5.10 Å². The molecule has 0 amide bonds. The molecule has 1 atom stereocenters. The third kappa shape index (κ3) is 2.93. The molecule has 5 nitrogen and oxygen atoms in total. The monoisotopic (exact) mass is 291 g/mol. The van der Waals surface area contributed by atoms with Crippen LogP contribution in [0.5, 0.6) is 0 Å². The summed E-state index contributed by atoms with van der Waals surface area (Å²) in [7, 11) is 2.04. The number of rotatable bonds is 5. The Morgan fingerprint density at radius 3 is 2.86 bits per heavy atom. The maximum atomic E-state index is 4.89. The van der Waals surface area contributed by atoms with E-state index in [9.17, 15) is 0 Å². The number of piperidine rings is 1. The Morgan fingerprint density at radius 1 is 1.33 bits per heavy atom. The van der Waals surface area contributed by atoms with Crippen LogP contribution in [-0.4, -0.2) is 41.9 Å². The highest BCUT2D eigenvalue weighted by Crippen LogP contribution is 2.42. The summed E-state index contributed by atoms with van der Waals surface area (Å²) in [6.45, 7) is 5.55. The number of hydrogen-bond acceptors (Lipinski definition) is 4. The van der Waals surface area contributed by atoms with Crippen molar-refractivity contribution in [2.24, 2.45) is 5.92 Å². The minimum Gasteiger partial charge on any atom is -0.339 e. The molecule has 0 spiro atoms. The maximum absolute atomic E-state index is 4.89. The van der Waals surface area contributed by atoms with Gasteiger partial charge in [0.25, 0.3) is 0 Å². The minimum absolute atomic E-state index is 0.269. The van der Waals surface area contributed by atoms with Crippen LogP contribution in [0.15, 0.2) is 0 Å². The fraction of sp³-hybridized carbons (Fsp3) is 0.875. The molecule has 1 aromatic rings. The van der Waals surface area contributed by atoms with Gasteiger partial charge >= 0.3 is 0 Å². The van der Waals surface area contributed by atoms with Gasteiger partial charge in [-0.3, -0.25) is 5.10 Å². The molecule has 2 fully saturated rings. The molecule has 1 aliphatic heterocycles. The van der Waals surface area contributed by atoms with Gasteiger partial charge in [-0.2, -0.15) is 4.98 Å². The normalized spacial score (nSPS) is 25.4. The predicted octanol–water partition coefficient (Wildman–Crippen LogP) is 2.46. The van der Waals surface area contributed by atoms with Gasteiger partial charge in [0.2, 0.25) is 5.95 Å². The first-order chi connectivity index (χ1) is 10.3. The fourth-order valence-electron chi connectivity index (χ4n) is 4.14. The first-order valence-electron chi connectivity index (χ1n) is 8.60. The summed E-state index contributed by atoms with van der Waals surface area (Å²) in [5.41, 5.74) is 0.269. The average molecular weight is 291 g/mol. The van der Waals surface area contributed by atoms with Crippen LogP contribution in [0.1, 0.15) is 57.7 Å². The van der Waals surface area contributed by atoms with Gasteiger partial charge in [0.05, 0.1) is 0 Å². The first kappa shape index (κ1) is 14.8. The van der Waals surface area contributed by atoms with Gasteiger partial charge in [-0.25, -0.2) is 0 Å². The first-order valence-corrected chi connectivity index (χ1v) is 8.60. The summed E-state index contributed by atoms with van der Waals surface area (Å²) in [6, 6.07) is 0. The molecule has 5 heteroatoms. The molecular weight excluding hydrogens is 262 g/mol. The van der Waals surface area contributed by atoms with E-state index in [1.807, 2.05) is 7.05 Å². The van der Waals surface area contributed by atoms with Gasteiger partial charge in [0.1, 0.15) is 5.82 Å². The highest BCUT2D eigenvalue weighted by Gasteiger charge is 2.37. The van der Waals surface area contributed by atoms with E-state index in [-0.39, 0.29) is 5.41 Å². The number of anilines is 1. The lowest BCUT2D eigenvalue weighted by Gasteiger charge is -2.32. The third-order valence-corrected chi connectivity index (χ3v) is 5.51. The van der Waals surface area contributed by atoms with Gasteiger partial charge in [-0.05, 0) is 51.6 Å². The van der Waals surface area contributed by atoms with Crippen LogP contribution in [0.3, 0.4) is 0 Å². The van der Waals surface area contributed by atoms with Crippen LogP contribution in [0.25, 0.3) is 0 Å². The second-order valence-electron chi connectivity index (χ2n) is 6.84. The molecule has 21 heavy (non-hydrogen) atoms. The smallest absolute Gasteiger partial charge is 0.244 e. The Hall–Kier alpha value is -1.10. The molecule has 1 unspecified atom stereocenters. The van der Waals surface area contributed by atoms with Gasteiger partial charge in [-0.1, -0.05) is 19.8 Å². The lowest BCUT2D eigenvalue weighted by atomic mass is 9.83. The molecule has 3 rings (SSSR count). The lowest BCUT2D eigenvalue weighted by Crippen LogP contribution is -2.39. The number of nitrogens with zero attached hydrogens (tertiary/aromatic N) is 3. The molecule has 2 N–H and O–H groups in total. The van der Waals surface area contributed by atoms with Crippen molar-refractivity contribution in [2.45, 2.75) is 57.3 Å². The Balaban J connectivity index is 1.72. The van der Waals surface area contributed by atoms with E-state index in [4.69, 9.17) is 4.98 Å². The van der Waals surface area contributed by atoms with Crippen molar-refractivity contribution < 1.29 is 0 Å². The zero-order chi connectivity index (χ0) is 14.7. The summed E-state index contributed by atoms with van der Waals surface area (Å²) in [6.07, 6.45) is 8.92. The number of aromatic nitrogens is 3. The van der Waals surface area contributed by atoms with E-state index in [1.54, 1.807) is 0 Å². The predicted molar refractivity (Wildman–Crippen MR) is 85.7 cm³/mol. The van der Waals surface area contributed by atoms with E-state index in [0.29, 0.717) is 0 Å². The molecular formula is C16H29N5. The van der Waals surface area contributed by atoms with Crippen LogP contribution >= 0.6 is 0 Å². The topological polar surface area (TPSA) is 56.8 Å². The van der Waals surface area contributed by atoms with Crippen molar-refractivity contribution in [1.82, 2.24) is 20.5 Å². The van der Waals surface area contributed by atoms with E-state index < -0.39 is 0 Å². The Labute approximate surface area is 127 Å². The van der Waals surface area contributed by atoms with Crippen molar-refractivity contribution in [2.75, 3.05) is 31.6 Å². The Morgan fingerprint density at radius 2 is 2.14 bits per heavy atom. The summed E-state index contributed by atoms with van der Waals surface area (Å²) in [4.78, 5) is 7.26. The van der Waals surface area contributed by atoms with Crippen molar-refractivity contribution in [3.8, 4) is 0 Å². The summed E-state index contributed by atoms with van der Waals surface area (Å²) in [5.74, 6) is 2.77. The summed E-state index contributed by atoms with van der Waals surface area (Å²) in [5, 5.41) is 11.1. The highest BCUT2D eigenvalue weighted by molar-refractivity contribution is 5.31. The molecule has 1 saturated heterocycles. The standard InChI is InChI=1S/C16H29N5/c1-3-16(8-4-5-9-16)14-18-15(20-19-14)21-10-6-7-13(12-21)11-17-2/h13,17H,3-12H2,1-2H3,(H,18,19,20). The number of H-pyrrole nitrogens is 1. The second-order valence-corrected chi connectivity index (χ2v) is 6.84. The fourth-order valence-corrected chi connectivity index (χ4v) is 4.14. The second kappa shape index (κ2) is 6.34. The van der Waals surface area contributed by atoms with Crippen LogP contribution in [0.2, 0.25) is 0 Å². The molecule has 1 aliphatic carbocycles. The van der Waals surface area contributed by atoms with Crippen molar-refractivity contribution in [1.29, 1.82) is 0 Å². The SMILES string of the molecule is CCC1(c2nc(N3CCCC(CNC)C3)n[nH]2)CCCC1. The Kier molecular flexibility index (Phi) is 4.48. The number of hydrogen-bond donors (Lipinski definition) is 2. The third-order valence-electron chi connectivity index (χ3n) is 5.51. The van der Waals surface area contributed by atoms with Crippen LogP contribution in [0, 0.1) is 5.92 Å². The van der Waals surface area contributed by atoms with E-state index >= 15 is 0 Å². The highest BCUT2D eigenvalue weighted by atomic mass is 15.4. The molecule has 1 aromatic heterocycles. The molecule has 0 radical (unpaired) electrons.